The number of piperidine rings is 1. The predicted molar refractivity (Wildman–Crippen MR) is 83.1 cm³/mol. The van der Waals surface area contributed by atoms with Gasteiger partial charge in [0.25, 0.3) is 0 Å². The molecular weight excluding hydrogens is 301 g/mol. The van der Waals surface area contributed by atoms with Crippen LogP contribution in [0.25, 0.3) is 0 Å². The van der Waals surface area contributed by atoms with Crippen LogP contribution >= 0.6 is 35.8 Å². The van der Waals surface area contributed by atoms with Crippen molar-refractivity contribution in [3.05, 3.63) is 46.5 Å². The molecule has 0 aliphatic carbocycles. The van der Waals surface area contributed by atoms with Gasteiger partial charge in [-0.05, 0) is 29.7 Å². The highest BCUT2D eigenvalue weighted by Gasteiger charge is 2.30. The topological polar surface area (TPSA) is 20.3 Å². The monoisotopic (exact) mass is 315 g/mol. The van der Waals surface area contributed by atoms with Gasteiger partial charge in [0.1, 0.15) is 0 Å². The van der Waals surface area contributed by atoms with E-state index in [1.165, 1.54) is 17.3 Å². The molecule has 0 bridgehead atoms. The van der Waals surface area contributed by atoms with Gasteiger partial charge in [-0.2, -0.15) is 0 Å². The van der Waals surface area contributed by atoms with Crippen molar-refractivity contribution in [1.82, 2.24) is 4.90 Å². The third-order valence-electron chi connectivity index (χ3n) is 3.44. The molecule has 0 aromatic heterocycles. The molecule has 0 saturated carbocycles. The number of rotatable bonds is 2. The molecule has 2 heterocycles. The van der Waals surface area contributed by atoms with E-state index in [-0.39, 0.29) is 17.5 Å². The summed E-state index contributed by atoms with van der Waals surface area (Å²) in [6.45, 7) is 2.80. The van der Waals surface area contributed by atoms with E-state index >= 15 is 0 Å². The van der Waals surface area contributed by atoms with E-state index in [1.54, 1.807) is 0 Å². The summed E-state index contributed by atoms with van der Waals surface area (Å²) in [5.74, 6) is 0. The molecule has 1 fully saturated rings. The number of likely N-dealkylation sites (tertiary alicyclic amines) is 1. The minimum Gasteiger partial charge on any atom is -0.295 e. The minimum atomic E-state index is 0. The fourth-order valence-corrected chi connectivity index (χ4v) is 3.74. The Morgan fingerprint density at radius 1 is 1.37 bits per heavy atom. The van der Waals surface area contributed by atoms with Crippen molar-refractivity contribution in [2.75, 3.05) is 13.1 Å². The van der Waals surface area contributed by atoms with E-state index in [0.717, 1.165) is 36.6 Å². The van der Waals surface area contributed by atoms with Gasteiger partial charge < -0.3 is 0 Å². The fraction of sp³-hybridized carbons (Fsp3) is 0.357. The second kappa shape index (κ2) is 6.31. The second-order valence-corrected chi connectivity index (χ2v) is 6.35. The first-order chi connectivity index (χ1) is 8.72. The summed E-state index contributed by atoms with van der Waals surface area (Å²) in [7, 11) is 0. The van der Waals surface area contributed by atoms with Crippen molar-refractivity contribution in [1.29, 1.82) is 0 Å². The van der Waals surface area contributed by atoms with Crippen LogP contribution in [0.5, 0.6) is 0 Å². The number of carbonyl (C=O) groups excluding carboxylic acids is 1. The van der Waals surface area contributed by atoms with E-state index in [1.807, 2.05) is 24.3 Å². The lowest BCUT2D eigenvalue weighted by molar-refractivity contribution is -0.106. The van der Waals surface area contributed by atoms with Crippen LogP contribution in [-0.4, -0.2) is 28.4 Å². The Balaban J connectivity index is 0.00000133. The fourth-order valence-electron chi connectivity index (χ4n) is 2.53. The van der Waals surface area contributed by atoms with Gasteiger partial charge in [0.2, 0.25) is 5.12 Å². The lowest BCUT2D eigenvalue weighted by atomic mass is 10.0. The molecule has 3 rings (SSSR count). The largest absolute Gasteiger partial charge is 0.295 e. The summed E-state index contributed by atoms with van der Waals surface area (Å²) >= 11 is 7.66. The zero-order valence-corrected chi connectivity index (χ0v) is 12.7. The quantitative estimate of drug-likeness (QED) is 0.832. The standard InChI is InChI=1S/C14H14ClNOS.ClH/c15-12-4-2-1-3-10(12)8-16-6-5-13-11(9-16)7-14(17)18-13;/h1-4,7,13H,5-6,8-9H2;1H. The van der Waals surface area contributed by atoms with Crippen LogP contribution in [0.4, 0.5) is 0 Å². The van der Waals surface area contributed by atoms with Crippen LogP contribution < -0.4 is 0 Å². The maximum atomic E-state index is 11.4. The van der Waals surface area contributed by atoms with E-state index in [9.17, 15) is 4.79 Å². The Hall–Kier alpha value is -0.480. The number of benzene rings is 1. The van der Waals surface area contributed by atoms with Crippen LogP contribution in [0.3, 0.4) is 0 Å². The van der Waals surface area contributed by atoms with Gasteiger partial charge in [-0.3, -0.25) is 9.69 Å². The maximum Gasteiger partial charge on any atom is 0.212 e. The molecule has 5 heteroatoms. The average molecular weight is 316 g/mol. The summed E-state index contributed by atoms with van der Waals surface area (Å²) in [6, 6.07) is 7.96. The molecule has 2 nitrogen and oxygen atoms in total. The maximum absolute atomic E-state index is 11.4. The first kappa shape index (κ1) is 14.9. The first-order valence-corrected chi connectivity index (χ1v) is 7.35. The van der Waals surface area contributed by atoms with Gasteiger partial charge in [-0.1, -0.05) is 41.6 Å². The molecule has 2 aliphatic heterocycles. The highest BCUT2D eigenvalue weighted by molar-refractivity contribution is 8.15. The summed E-state index contributed by atoms with van der Waals surface area (Å²) < 4.78 is 0. The van der Waals surface area contributed by atoms with Crippen molar-refractivity contribution < 1.29 is 4.79 Å². The van der Waals surface area contributed by atoms with Crippen molar-refractivity contribution >= 4 is 40.9 Å². The van der Waals surface area contributed by atoms with Crippen LogP contribution in [0.1, 0.15) is 12.0 Å². The van der Waals surface area contributed by atoms with Crippen LogP contribution in [0, 0.1) is 0 Å². The molecule has 19 heavy (non-hydrogen) atoms. The van der Waals surface area contributed by atoms with Crippen molar-refractivity contribution in [3.8, 4) is 0 Å². The van der Waals surface area contributed by atoms with Crippen LogP contribution in [-0.2, 0) is 11.3 Å². The second-order valence-electron chi connectivity index (χ2n) is 4.74. The van der Waals surface area contributed by atoms with E-state index in [4.69, 9.17) is 11.6 Å². The molecule has 0 radical (unpaired) electrons. The zero-order chi connectivity index (χ0) is 12.5. The van der Waals surface area contributed by atoms with Crippen molar-refractivity contribution in [2.45, 2.75) is 18.2 Å². The van der Waals surface area contributed by atoms with Gasteiger partial charge in [0.15, 0.2) is 0 Å². The number of thioether (sulfide) groups is 1. The molecule has 1 aromatic carbocycles. The van der Waals surface area contributed by atoms with Gasteiger partial charge in [0, 0.05) is 29.9 Å². The molecule has 102 valence electrons. The lowest BCUT2D eigenvalue weighted by Crippen LogP contribution is -2.35. The molecule has 2 aliphatic rings. The Kier molecular flexibility index (Phi) is 4.96. The van der Waals surface area contributed by atoms with Crippen LogP contribution in [0.2, 0.25) is 5.02 Å². The summed E-state index contributed by atoms with van der Waals surface area (Å²) in [5, 5.41) is 1.47. The molecule has 1 aromatic rings. The molecular formula is C14H15Cl2NOS. The Bertz CT molecular complexity index is 518. The number of nitrogens with zero attached hydrogens (tertiary/aromatic N) is 1. The van der Waals surface area contributed by atoms with Crippen molar-refractivity contribution in [2.24, 2.45) is 0 Å². The van der Waals surface area contributed by atoms with E-state index in [0.29, 0.717) is 5.25 Å². The minimum absolute atomic E-state index is 0. The van der Waals surface area contributed by atoms with Gasteiger partial charge in [-0.15, -0.1) is 12.4 Å². The molecule has 0 N–H and O–H groups in total. The SMILES string of the molecule is Cl.O=C1C=C2CN(Cc3ccccc3Cl)CCC2S1. The Morgan fingerprint density at radius 3 is 2.95 bits per heavy atom. The van der Waals surface area contributed by atoms with Gasteiger partial charge in [0.05, 0.1) is 0 Å². The zero-order valence-electron chi connectivity index (χ0n) is 10.3. The average Bonchev–Trinajstić information content (AvgIpc) is 2.71. The van der Waals surface area contributed by atoms with Crippen molar-refractivity contribution in [3.63, 3.8) is 0 Å². The summed E-state index contributed by atoms with van der Waals surface area (Å²) in [5.41, 5.74) is 2.44. The number of hydrogen-bond donors (Lipinski definition) is 0. The Labute approximate surface area is 128 Å². The first-order valence-electron chi connectivity index (χ1n) is 6.09. The summed E-state index contributed by atoms with van der Waals surface area (Å²) in [4.78, 5) is 13.7. The normalized spacial score (nSPS) is 22.7. The number of hydrogen-bond acceptors (Lipinski definition) is 3. The third kappa shape index (κ3) is 3.34. The number of fused-ring (bicyclic) bond motifs is 1. The van der Waals surface area contributed by atoms with Crippen LogP contribution in [0.15, 0.2) is 35.9 Å². The Morgan fingerprint density at radius 2 is 2.16 bits per heavy atom. The molecule has 1 atom stereocenters. The smallest absolute Gasteiger partial charge is 0.212 e. The van der Waals surface area contributed by atoms with E-state index < -0.39 is 0 Å². The number of halogens is 2. The highest BCUT2D eigenvalue weighted by atomic mass is 35.5. The predicted octanol–water partition coefficient (Wildman–Crippen LogP) is 3.54. The third-order valence-corrected chi connectivity index (χ3v) is 4.98. The molecule has 0 spiro atoms. The highest BCUT2D eigenvalue weighted by Crippen LogP contribution is 2.35. The molecule has 1 saturated heterocycles. The van der Waals surface area contributed by atoms with E-state index in [2.05, 4.69) is 11.0 Å². The molecule has 1 unspecified atom stereocenters. The summed E-state index contributed by atoms with van der Waals surface area (Å²) in [6.07, 6.45) is 2.88. The van der Waals surface area contributed by atoms with Gasteiger partial charge in [-0.25, -0.2) is 0 Å². The number of carbonyl (C=O) groups is 1. The lowest BCUT2D eigenvalue weighted by Gasteiger charge is -2.31. The van der Waals surface area contributed by atoms with Gasteiger partial charge >= 0.3 is 0 Å². The molecule has 0 amide bonds.